The second-order valence-corrected chi connectivity index (χ2v) is 9.17. The molecule has 0 aliphatic heterocycles. The van der Waals surface area contributed by atoms with E-state index in [9.17, 15) is 62.8 Å². The number of halogens is 9. The van der Waals surface area contributed by atoms with Gasteiger partial charge in [0.05, 0.1) is 6.54 Å². The number of nitrogens with zero attached hydrogens (tertiary/aromatic N) is 4. The highest BCUT2D eigenvalue weighted by molar-refractivity contribution is 7.87. The molecule has 234 valence electrons. The van der Waals surface area contributed by atoms with Crippen molar-refractivity contribution in [1.29, 1.82) is 10.5 Å². The van der Waals surface area contributed by atoms with E-state index in [1.807, 2.05) is 0 Å². The smallest absolute Gasteiger partial charge is 0.460 e. The minimum atomic E-state index is -7.60. The molecule has 0 bridgehead atoms. The van der Waals surface area contributed by atoms with E-state index >= 15 is 0 Å². The van der Waals surface area contributed by atoms with E-state index in [1.54, 1.807) is 0 Å². The maximum Gasteiger partial charge on any atom is 0.460 e. The lowest BCUT2D eigenvalue weighted by atomic mass is 10.0. The van der Waals surface area contributed by atoms with Crippen LogP contribution in [0.15, 0.2) is 46.7 Å². The van der Waals surface area contributed by atoms with Gasteiger partial charge in [-0.25, -0.2) is 9.59 Å². The number of carbonyl (C=O) groups excluding carboxylic acids is 2. The summed E-state index contributed by atoms with van der Waals surface area (Å²) < 4.78 is 148. The first-order valence-corrected chi connectivity index (χ1v) is 12.0. The van der Waals surface area contributed by atoms with Gasteiger partial charge in [0.25, 0.3) is 0 Å². The largest absolute Gasteiger partial charge is 0.460 e. The number of esters is 1. The third kappa shape index (κ3) is 8.12. The van der Waals surface area contributed by atoms with Crippen molar-refractivity contribution in [2.24, 2.45) is 10.3 Å². The van der Waals surface area contributed by atoms with E-state index in [4.69, 9.17) is 5.26 Å². The minimum absolute atomic E-state index is 0.0796. The molecule has 12 nitrogen and oxygen atoms in total. The predicted molar refractivity (Wildman–Crippen MR) is 122 cm³/mol. The van der Waals surface area contributed by atoms with E-state index in [0.717, 1.165) is 30.3 Å². The Balaban J connectivity index is 3.18. The highest BCUT2D eigenvalue weighted by Crippen LogP contribution is 2.55. The van der Waals surface area contributed by atoms with Gasteiger partial charge in [-0.15, -0.1) is 0 Å². The first-order chi connectivity index (χ1) is 19.6. The van der Waals surface area contributed by atoms with Gasteiger partial charge in [0.15, 0.2) is 11.4 Å². The number of alkyl halides is 9. The van der Waals surface area contributed by atoms with Gasteiger partial charge in [0, 0.05) is 16.7 Å². The third-order valence-corrected chi connectivity index (χ3v) is 5.61. The van der Waals surface area contributed by atoms with Gasteiger partial charge in [-0.05, 0) is 13.0 Å². The number of hydrogen-bond acceptors (Lipinski definition) is 11. The number of hydrogen-bond donors (Lipinski definition) is 1. The first kappa shape index (κ1) is 36.2. The molecular formula is C21H14F9N5O7S. The second kappa shape index (κ2) is 13.4. The molecule has 0 saturated carbocycles. The van der Waals surface area contributed by atoms with Crippen molar-refractivity contribution >= 4 is 33.6 Å². The molecule has 1 aromatic carbocycles. The van der Waals surface area contributed by atoms with Gasteiger partial charge in [-0.3, -0.25) is 9.12 Å². The van der Waals surface area contributed by atoms with Crippen LogP contribution >= 0.6 is 0 Å². The van der Waals surface area contributed by atoms with Crippen LogP contribution in [0.1, 0.15) is 18.1 Å². The molecule has 0 unspecified atom stereocenters. The van der Waals surface area contributed by atoms with Crippen LogP contribution in [-0.2, 0) is 28.8 Å². The molecule has 1 rings (SSSR count). The third-order valence-electron chi connectivity index (χ3n) is 4.45. The molecule has 0 atom stereocenters. The molecule has 0 aliphatic carbocycles. The van der Waals surface area contributed by atoms with Crippen LogP contribution in [0.4, 0.5) is 44.3 Å². The Morgan fingerprint density at radius 2 is 1.47 bits per heavy atom. The van der Waals surface area contributed by atoms with E-state index in [0.29, 0.717) is 0 Å². The minimum Gasteiger partial charge on any atom is -0.460 e. The molecule has 0 heterocycles. The van der Waals surface area contributed by atoms with Gasteiger partial charge in [-0.2, -0.15) is 58.5 Å². The molecule has 0 saturated heterocycles. The van der Waals surface area contributed by atoms with Crippen LogP contribution < -0.4 is 5.32 Å². The molecule has 0 fully saturated rings. The topological polar surface area (TPSA) is 180 Å². The van der Waals surface area contributed by atoms with Crippen LogP contribution in [0.5, 0.6) is 0 Å². The Labute approximate surface area is 234 Å². The number of carbonyl (C=O) groups is 2. The number of oxime groups is 2. The van der Waals surface area contributed by atoms with Crippen molar-refractivity contribution in [3.8, 4) is 12.1 Å². The van der Waals surface area contributed by atoms with Gasteiger partial charge in [0.2, 0.25) is 0 Å². The standard InChI is InChI=1S/C21H14F9N5O7S/c1-11(2)16(36)40-7-6-33-17(37)41-34-14(9-31)12-4-3-5-13(8-12)15(10-32)35-42-43(38,39)21(29,30)19(24,25)18(22,23)20(26,27)28/h3-5,8H,1,6-7H2,2H3,(H,33,37). The maximum absolute atomic E-state index is 13.8. The quantitative estimate of drug-likeness (QED) is 0.0670. The average Bonchev–Trinajstić information content (AvgIpc) is 2.90. The van der Waals surface area contributed by atoms with E-state index in [-0.39, 0.29) is 24.3 Å². The highest BCUT2D eigenvalue weighted by Gasteiger charge is 2.86. The monoisotopic (exact) mass is 651 g/mol. The SMILES string of the molecule is C=C(C)C(=O)OCCNC(=O)ON=C(C#N)c1cccc(C(C#N)=NOS(=O)(=O)C(F)(F)C(F)(F)C(F)(F)C(F)(F)F)c1. The predicted octanol–water partition coefficient (Wildman–Crippen LogP) is 3.76. The number of benzene rings is 1. The van der Waals surface area contributed by atoms with Crippen LogP contribution in [-0.4, -0.2) is 68.3 Å². The lowest BCUT2D eigenvalue weighted by molar-refractivity contribution is -0.382. The number of rotatable bonds is 12. The van der Waals surface area contributed by atoms with Crippen molar-refractivity contribution in [1.82, 2.24) is 5.32 Å². The van der Waals surface area contributed by atoms with Gasteiger partial charge >= 0.3 is 45.5 Å². The van der Waals surface area contributed by atoms with Crippen molar-refractivity contribution in [2.75, 3.05) is 13.2 Å². The summed E-state index contributed by atoms with van der Waals surface area (Å²) in [7, 11) is -7.42. The Kier molecular flexibility index (Phi) is 11.3. The molecule has 0 radical (unpaired) electrons. The fourth-order valence-corrected chi connectivity index (χ4v) is 2.99. The van der Waals surface area contributed by atoms with Crippen LogP contribution in [0.3, 0.4) is 0 Å². The Morgan fingerprint density at radius 1 is 0.953 bits per heavy atom. The summed E-state index contributed by atoms with van der Waals surface area (Å²) in [6, 6.07) is 6.14. The summed E-state index contributed by atoms with van der Waals surface area (Å²) in [6.45, 7) is 4.11. The van der Waals surface area contributed by atoms with E-state index in [1.165, 1.54) is 13.0 Å². The van der Waals surface area contributed by atoms with Gasteiger partial charge in [-0.1, -0.05) is 35.1 Å². The Hall–Kier alpha value is -4.86. The van der Waals surface area contributed by atoms with Gasteiger partial charge < -0.3 is 10.1 Å². The molecule has 0 aromatic heterocycles. The average molecular weight is 651 g/mol. The van der Waals surface area contributed by atoms with Crippen molar-refractivity contribution < 1.29 is 71.4 Å². The number of nitriles is 2. The lowest BCUT2D eigenvalue weighted by Gasteiger charge is -2.31. The van der Waals surface area contributed by atoms with Crippen molar-refractivity contribution in [2.45, 2.75) is 30.2 Å². The molecular weight excluding hydrogens is 637 g/mol. The van der Waals surface area contributed by atoms with Crippen LogP contribution in [0.25, 0.3) is 0 Å². The molecule has 0 spiro atoms. The van der Waals surface area contributed by atoms with Crippen molar-refractivity contribution in [3.63, 3.8) is 0 Å². The number of ether oxygens (including phenoxy) is 1. The fourth-order valence-electron chi connectivity index (χ4n) is 2.28. The summed E-state index contributed by atoms with van der Waals surface area (Å²) in [6.07, 6.45) is -8.58. The molecule has 1 amide bonds. The summed E-state index contributed by atoms with van der Waals surface area (Å²) in [5.41, 5.74) is -2.96. The van der Waals surface area contributed by atoms with Crippen LogP contribution in [0, 0.1) is 22.7 Å². The normalized spacial score (nSPS) is 13.3. The number of amides is 1. The van der Waals surface area contributed by atoms with Gasteiger partial charge in [0.1, 0.15) is 18.7 Å². The maximum atomic E-state index is 13.8. The van der Waals surface area contributed by atoms with Crippen molar-refractivity contribution in [3.05, 3.63) is 47.5 Å². The molecule has 43 heavy (non-hydrogen) atoms. The summed E-state index contributed by atoms with van der Waals surface area (Å²) in [5.74, 6) is -15.9. The Bertz CT molecular complexity index is 1510. The zero-order valence-electron chi connectivity index (χ0n) is 20.9. The zero-order valence-corrected chi connectivity index (χ0v) is 21.7. The van der Waals surface area contributed by atoms with E-state index in [2.05, 4.69) is 36.1 Å². The molecule has 1 aromatic rings. The second-order valence-electron chi connectivity index (χ2n) is 7.60. The molecule has 1 N–H and O–H groups in total. The summed E-state index contributed by atoms with van der Waals surface area (Å²) in [4.78, 5) is 27.3. The summed E-state index contributed by atoms with van der Waals surface area (Å²) in [5, 5.41) is 18.8. The zero-order chi connectivity index (χ0) is 33.4. The highest BCUT2D eigenvalue weighted by atomic mass is 32.2. The van der Waals surface area contributed by atoms with E-state index < -0.39 is 62.4 Å². The first-order valence-electron chi connectivity index (χ1n) is 10.5. The van der Waals surface area contributed by atoms with Crippen LogP contribution in [0.2, 0.25) is 0 Å². The molecule has 0 aliphatic rings. The Morgan fingerprint density at radius 3 is 1.93 bits per heavy atom. The fraction of sp³-hybridized carbons (Fsp3) is 0.333. The molecule has 22 heteroatoms. The summed E-state index contributed by atoms with van der Waals surface area (Å²) >= 11 is 0. The lowest BCUT2D eigenvalue weighted by Crippen LogP contribution is -2.63. The number of nitrogens with one attached hydrogen (secondary N) is 1.